The highest BCUT2D eigenvalue weighted by molar-refractivity contribution is 5.84. The molecule has 0 aromatic carbocycles. The van der Waals surface area contributed by atoms with Gasteiger partial charge in [-0.25, -0.2) is 4.79 Å². The van der Waals surface area contributed by atoms with Crippen molar-refractivity contribution in [2.75, 3.05) is 33.8 Å². The van der Waals surface area contributed by atoms with Crippen LogP contribution in [-0.4, -0.2) is 72.6 Å². The number of ether oxygens (including phenoxy) is 1. The zero-order valence-corrected chi connectivity index (χ0v) is 16.3. The average Bonchev–Trinajstić information content (AvgIpc) is 3.31. The summed E-state index contributed by atoms with van der Waals surface area (Å²) in [6.45, 7) is 5.68. The molecule has 26 heavy (non-hydrogen) atoms. The standard InChI is InChI=1S/C19H31N3O4/c1-5-15(2)22(19(24)20(3)4)14-18(23)21(12-16-8-6-10-25-16)13-17-9-7-11-26-17/h6,8,10,15,17H,5,7,9,11-14H2,1-4H3/t15-,17-/m1/s1. The van der Waals surface area contributed by atoms with Crippen molar-refractivity contribution in [2.45, 2.75) is 51.8 Å². The molecule has 0 spiro atoms. The maximum atomic E-state index is 13.0. The summed E-state index contributed by atoms with van der Waals surface area (Å²) in [6, 6.07) is 3.50. The van der Waals surface area contributed by atoms with Crippen LogP contribution in [0.2, 0.25) is 0 Å². The lowest BCUT2D eigenvalue weighted by atomic mass is 10.2. The third kappa shape index (κ3) is 5.49. The number of amides is 3. The minimum atomic E-state index is -0.150. The van der Waals surface area contributed by atoms with E-state index in [9.17, 15) is 9.59 Å². The first-order valence-electron chi connectivity index (χ1n) is 9.32. The van der Waals surface area contributed by atoms with E-state index in [0.717, 1.165) is 31.6 Å². The molecule has 1 aromatic heterocycles. The van der Waals surface area contributed by atoms with Crippen molar-refractivity contribution in [2.24, 2.45) is 0 Å². The Balaban J connectivity index is 2.10. The molecule has 0 saturated carbocycles. The van der Waals surface area contributed by atoms with Gasteiger partial charge >= 0.3 is 6.03 Å². The third-order valence-electron chi connectivity index (χ3n) is 4.78. The Morgan fingerprint density at radius 2 is 2.12 bits per heavy atom. The Labute approximate surface area is 155 Å². The monoisotopic (exact) mass is 365 g/mol. The zero-order valence-electron chi connectivity index (χ0n) is 16.3. The summed E-state index contributed by atoms with van der Waals surface area (Å²) in [6.07, 6.45) is 4.41. The molecule has 0 N–H and O–H groups in total. The molecule has 1 aromatic rings. The van der Waals surface area contributed by atoms with Gasteiger partial charge in [-0.05, 0) is 38.3 Å². The molecular weight excluding hydrogens is 334 g/mol. The Bertz CT molecular complexity index is 567. The summed E-state index contributed by atoms with van der Waals surface area (Å²) in [4.78, 5) is 30.4. The molecule has 2 atom stereocenters. The second-order valence-electron chi connectivity index (χ2n) is 7.05. The molecule has 0 unspecified atom stereocenters. The molecule has 1 fully saturated rings. The molecule has 0 bridgehead atoms. The van der Waals surface area contributed by atoms with Crippen LogP contribution in [0.25, 0.3) is 0 Å². The molecule has 3 amide bonds. The van der Waals surface area contributed by atoms with Crippen LogP contribution in [0.3, 0.4) is 0 Å². The van der Waals surface area contributed by atoms with Crippen molar-refractivity contribution in [3.8, 4) is 0 Å². The lowest BCUT2D eigenvalue weighted by molar-refractivity contribution is -0.134. The van der Waals surface area contributed by atoms with Gasteiger partial charge < -0.3 is 23.9 Å². The summed E-state index contributed by atoms with van der Waals surface area (Å²) in [5.41, 5.74) is 0. The first-order chi connectivity index (χ1) is 12.4. The van der Waals surface area contributed by atoms with Crippen molar-refractivity contribution in [3.63, 3.8) is 0 Å². The van der Waals surface area contributed by atoms with Crippen LogP contribution >= 0.6 is 0 Å². The van der Waals surface area contributed by atoms with E-state index < -0.39 is 0 Å². The van der Waals surface area contributed by atoms with E-state index in [4.69, 9.17) is 9.15 Å². The van der Waals surface area contributed by atoms with E-state index in [1.54, 1.807) is 30.2 Å². The highest BCUT2D eigenvalue weighted by atomic mass is 16.5. The predicted octanol–water partition coefficient (Wildman–Crippen LogP) is 2.57. The summed E-state index contributed by atoms with van der Waals surface area (Å²) < 4.78 is 11.1. The van der Waals surface area contributed by atoms with Crippen LogP contribution < -0.4 is 0 Å². The smallest absolute Gasteiger partial charge is 0.320 e. The molecule has 0 radical (unpaired) electrons. The van der Waals surface area contributed by atoms with Crippen LogP contribution in [0.1, 0.15) is 38.9 Å². The van der Waals surface area contributed by atoms with Gasteiger partial charge in [0.2, 0.25) is 5.91 Å². The van der Waals surface area contributed by atoms with Crippen molar-refractivity contribution >= 4 is 11.9 Å². The van der Waals surface area contributed by atoms with Gasteiger partial charge in [-0.2, -0.15) is 0 Å². The predicted molar refractivity (Wildman–Crippen MR) is 98.6 cm³/mol. The maximum Gasteiger partial charge on any atom is 0.320 e. The van der Waals surface area contributed by atoms with E-state index in [-0.39, 0.29) is 30.6 Å². The molecule has 1 aliphatic heterocycles. The number of urea groups is 1. The van der Waals surface area contributed by atoms with Crippen LogP contribution in [0.4, 0.5) is 4.79 Å². The van der Waals surface area contributed by atoms with E-state index in [2.05, 4.69) is 0 Å². The molecule has 7 heteroatoms. The summed E-state index contributed by atoms with van der Waals surface area (Å²) in [5.74, 6) is 0.637. The first kappa shape index (κ1) is 20.3. The molecule has 2 rings (SSSR count). The second-order valence-corrected chi connectivity index (χ2v) is 7.05. The van der Waals surface area contributed by atoms with Crippen LogP contribution in [0.5, 0.6) is 0 Å². The summed E-state index contributed by atoms with van der Waals surface area (Å²) in [7, 11) is 3.41. The van der Waals surface area contributed by atoms with Gasteiger partial charge in [0.1, 0.15) is 12.3 Å². The number of nitrogens with zero attached hydrogens (tertiary/aromatic N) is 3. The number of hydrogen-bond acceptors (Lipinski definition) is 4. The Kier molecular flexibility index (Phi) is 7.50. The zero-order chi connectivity index (χ0) is 19.1. The fourth-order valence-corrected chi connectivity index (χ4v) is 3.01. The highest BCUT2D eigenvalue weighted by Crippen LogP contribution is 2.16. The van der Waals surface area contributed by atoms with Crippen molar-refractivity contribution in [1.82, 2.24) is 14.7 Å². The van der Waals surface area contributed by atoms with Crippen LogP contribution in [0.15, 0.2) is 22.8 Å². The van der Waals surface area contributed by atoms with Crippen molar-refractivity contribution in [1.29, 1.82) is 0 Å². The van der Waals surface area contributed by atoms with Crippen LogP contribution in [-0.2, 0) is 16.1 Å². The van der Waals surface area contributed by atoms with E-state index >= 15 is 0 Å². The normalized spacial score (nSPS) is 17.8. The van der Waals surface area contributed by atoms with E-state index in [0.29, 0.717) is 13.1 Å². The SMILES string of the molecule is CC[C@@H](C)N(CC(=O)N(Cc1ccco1)C[C@H]1CCCO1)C(=O)N(C)C. The fourth-order valence-electron chi connectivity index (χ4n) is 3.01. The minimum absolute atomic E-state index is 0.0120. The van der Waals surface area contributed by atoms with Gasteiger partial charge in [0.25, 0.3) is 0 Å². The van der Waals surface area contributed by atoms with Crippen molar-refractivity contribution < 1.29 is 18.7 Å². The third-order valence-corrected chi connectivity index (χ3v) is 4.78. The van der Waals surface area contributed by atoms with E-state index in [1.807, 2.05) is 26.0 Å². The molecule has 0 aliphatic carbocycles. The summed E-state index contributed by atoms with van der Waals surface area (Å²) >= 11 is 0. The largest absolute Gasteiger partial charge is 0.467 e. The van der Waals surface area contributed by atoms with Gasteiger partial charge in [-0.15, -0.1) is 0 Å². The topological polar surface area (TPSA) is 66.2 Å². The lowest BCUT2D eigenvalue weighted by Gasteiger charge is -2.33. The average molecular weight is 365 g/mol. The Morgan fingerprint density at radius 1 is 1.35 bits per heavy atom. The first-order valence-corrected chi connectivity index (χ1v) is 9.32. The Hall–Kier alpha value is -2.02. The highest BCUT2D eigenvalue weighted by Gasteiger charge is 2.28. The second kappa shape index (κ2) is 9.62. The van der Waals surface area contributed by atoms with E-state index in [1.165, 1.54) is 4.90 Å². The number of furan rings is 1. The number of carbonyl (C=O) groups excluding carboxylic acids is 2. The lowest BCUT2D eigenvalue weighted by Crippen LogP contribution is -2.50. The van der Waals surface area contributed by atoms with Crippen molar-refractivity contribution in [3.05, 3.63) is 24.2 Å². The van der Waals surface area contributed by atoms with Gasteiger partial charge in [0, 0.05) is 33.3 Å². The van der Waals surface area contributed by atoms with Gasteiger partial charge in [-0.3, -0.25) is 4.79 Å². The number of hydrogen-bond donors (Lipinski definition) is 0. The fraction of sp³-hybridized carbons (Fsp3) is 0.684. The maximum absolute atomic E-state index is 13.0. The van der Waals surface area contributed by atoms with Gasteiger partial charge in [0.15, 0.2) is 0 Å². The molecule has 1 aliphatic rings. The number of rotatable bonds is 8. The minimum Gasteiger partial charge on any atom is -0.467 e. The number of carbonyl (C=O) groups is 2. The summed E-state index contributed by atoms with van der Waals surface area (Å²) in [5, 5.41) is 0. The quantitative estimate of drug-likeness (QED) is 0.710. The Morgan fingerprint density at radius 3 is 2.65 bits per heavy atom. The molecular formula is C19H31N3O4. The molecule has 7 nitrogen and oxygen atoms in total. The molecule has 1 saturated heterocycles. The van der Waals surface area contributed by atoms with Gasteiger partial charge in [0.05, 0.1) is 18.9 Å². The van der Waals surface area contributed by atoms with Gasteiger partial charge in [-0.1, -0.05) is 6.92 Å². The van der Waals surface area contributed by atoms with Crippen LogP contribution in [0, 0.1) is 0 Å². The molecule has 2 heterocycles. The molecule has 146 valence electrons.